The first-order valence-corrected chi connectivity index (χ1v) is 11.3. The monoisotopic (exact) mass is 454 g/mol. The van der Waals surface area contributed by atoms with Crippen LogP contribution in [0.15, 0.2) is 24.3 Å². The first-order chi connectivity index (χ1) is 14.8. The van der Waals surface area contributed by atoms with Crippen LogP contribution in [0.25, 0.3) is 0 Å². The van der Waals surface area contributed by atoms with Gasteiger partial charge in [-0.3, -0.25) is 9.59 Å². The quantitative estimate of drug-likeness (QED) is 0.465. The number of phenolic OH excluding ortho intramolecular Hbond substituents is 2. The van der Waals surface area contributed by atoms with E-state index in [1.165, 1.54) is 0 Å². The molecule has 3 N–H and O–H groups in total. The van der Waals surface area contributed by atoms with Crippen LogP contribution in [0.4, 0.5) is 0 Å². The number of hydrogen-bond donors (Lipinski definition) is 3. The number of phenols is 2. The van der Waals surface area contributed by atoms with E-state index in [-0.39, 0.29) is 40.9 Å². The number of carboxylic acid groups (broad SMARTS) is 1. The molecule has 2 rings (SSSR count). The Morgan fingerprint density at radius 2 is 1.15 bits per heavy atom. The molecule has 0 radical (unpaired) electrons. The van der Waals surface area contributed by atoms with E-state index in [4.69, 9.17) is 5.11 Å². The van der Waals surface area contributed by atoms with Gasteiger partial charge < -0.3 is 15.3 Å². The maximum atomic E-state index is 13.8. The first kappa shape index (κ1) is 26.4. The number of carboxylic acids is 1. The Balaban J connectivity index is 2.81. The van der Waals surface area contributed by atoms with Crippen molar-refractivity contribution < 1.29 is 24.9 Å². The van der Waals surface area contributed by atoms with Crippen LogP contribution < -0.4 is 0 Å². The second kappa shape index (κ2) is 8.85. The molecule has 2 aromatic rings. The molecule has 0 aliphatic heterocycles. The summed E-state index contributed by atoms with van der Waals surface area (Å²) in [7, 11) is 0. The second-order valence-electron chi connectivity index (χ2n) is 11.9. The van der Waals surface area contributed by atoms with Crippen molar-refractivity contribution in [3.8, 4) is 11.5 Å². The van der Waals surface area contributed by atoms with E-state index in [1.807, 2.05) is 68.4 Å². The van der Waals surface area contributed by atoms with Crippen LogP contribution in [0.1, 0.15) is 107 Å². The predicted octanol–water partition coefficient (Wildman–Crippen LogP) is 6.24. The van der Waals surface area contributed by atoms with Gasteiger partial charge in [0.15, 0.2) is 0 Å². The molecule has 0 aromatic heterocycles. The number of carbonyl (C=O) groups excluding carboxylic acids is 1. The third kappa shape index (κ3) is 5.95. The fourth-order valence-corrected chi connectivity index (χ4v) is 3.79. The Morgan fingerprint density at radius 1 is 0.697 bits per heavy atom. The molecular weight excluding hydrogens is 416 g/mol. The minimum Gasteiger partial charge on any atom is -0.507 e. The van der Waals surface area contributed by atoms with Gasteiger partial charge in [-0.05, 0) is 45.9 Å². The summed E-state index contributed by atoms with van der Waals surface area (Å²) in [5, 5.41) is 31.3. The van der Waals surface area contributed by atoms with Crippen molar-refractivity contribution in [3.63, 3.8) is 0 Å². The van der Waals surface area contributed by atoms with Gasteiger partial charge in [0, 0.05) is 17.5 Å². The van der Waals surface area contributed by atoms with Crippen molar-refractivity contribution in [2.75, 3.05) is 0 Å². The van der Waals surface area contributed by atoms with E-state index in [0.29, 0.717) is 16.7 Å². The number of carbonyl (C=O) groups is 2. The van der Waals surface area contributed by atoms with Gasteiger partial charge in [-0.25, -0.2) is 0 Å². The summed E-state index contributed by atoms with van der Waals surface area (Å²) in [5.41, 5.74) is 1.88. The van der Waals surface area contributed by atoms with Crippen molar-refractivity contribution in [1.29, 1.82) is 0 Å². The van der Waals surface area contributed by atoms with Gasteiger partial charge in [0.1, 0.15) is 11.5 Å². The molecule has 0 aliphatic rings. The minimum atomic E-state index is -0.932. The SMILES string of the molecule is CC(C)(C)c1cc(C(=O)c2cc(CCC(=O)O)cc(C(C)(C)C)c2O)c(O)c(C(C)(C)C)c1. The Kier molecular flexibility index (Phi) is 7.09. The summed E-state index contributed by atoms with van der Waals surface area (Å²) in [6.07, 6.45) is 0.154. The maximum Gasteiger partial charge on any atom is 0.303 e. The van der Waals surface area contributed by atoms with E-state index in [9.17, 15) is 19.8 Å². The van der Waals surface area contributed by atoms with Crippen molar-refractivity contribution in [3.05, 3.63) is 57.6 Å². The van der Waals surface area contributed by atoms with Gasteiger partial charge in [-0.15, -0.1) is 0 Å². The van der Waals surface area contributed by atoms with E-state index < -0.39 is 22.6 Å². The summed E-state index contributed by atoms with van der Waals surface area (Å²) in [6.45, 7) is 17.8. The topological polar surface area (TPSA) is 94.8 Å². The number of aryl methyl sites for hydroxylation is 1. The highest BCUT2D eigenvalue weighted by molar-refractivity contribution is 6.13. The molecule has 0 unspecified atom stereocenters. The standard InChI is InChI=1S/C28H38O5/c1-26(2,3)17-14-19(25(33)21(15-17)28(7,8)9)23(31)18-12-16(10-11-22(29)30)13-20(24(18)32)27(4,5)6/h12-15,32-33H,10-11H2,1-9H3,(H,29,30). The van der Waals surface area contributed by atoms with Gasteiger partial charge in [0.05, 0.1) is 11.1 Å². The lowest BCUT2D eigenvalue weighted by molar-refractivity contribution is -0.136. The number of rotatable bonds is 5. The zero-order valence-corrected chi connectivity index (χ0v) is 21.4. The van der Waals surface area contributed by atoms with Gasteiger partial charge in [-0.1, -0.05) is 74.4 Å². The summed E-state index contributed by atoms with van der Waals surface area (Å²) in [5.74, 6) is -1.64. The Bertz CT molecular complexity index is 1070. The maximum absolute atomic E-state index is 13.8. The third-order valence-corrected chi connectivity index (χ3v) is 5.88. The largest absolute Gasteiger partial charge is 0.507 e. The van der Waals surface area contributed by atoms with Gasteiger partial charge in [0.2, 0.25) is 5.78 Å². The van der Waals surface area contributed by atoms with Crippen LogP contribution >= 0.6 is 0 Å². The molecule has 180 valence electrons. The minimum absolute atomic E-state index is 0.0732. The molecule has 33 heavy (non-hydrogen) atoms. The van der Waals surface area contributed by atoms with Crippen LogP contribution in [0.5, 0.6) is 11.5 Å². The smallest absolute Gasteiger partial charge is 0.303 e. The van der Waals surface area contributed by atoms with Crippen molar-refractivity contribution in [2.45, 2.75) is 91.4 Å². The summed E-state index contributed by atoms with van der Waals surface area (Å²) < 4.78 is 0. The number of hydrogen-bond acceptors (Lipinski definition) is 4. The number of aliphatic carboxylic acids is 1. The van der Waals surface area contributed by atoms with E-state index in [2.05, 4.69) is 0 Å². The lowest BCUT2D eigenvalue weighted by atomic mass is 9.77. The van der Waals surface area contributed by atoms with E-state index in [1.54, 1.807) is 18.2 Å². The van der Waals surface area contributed by atoms with Crippen LogP contribution in [-0.4, -0.2) is 27.1 Å². The average molecular weight is 455 g/mol. The molecule has 0 atom stereocenters. The molecule has 5 nitrogen and oxygen atoms in total. The molecule has 0 heterocycles. The van der Waals surface area contributed by atoms with Crippen LogP contribution in [0.2, 0.25) is 0 Å². The third-order valence-electron chi connectivity index (χ3n) is 5.88. The lowest BCUT2D eigenvalue weighted by Crippen LogP contribution is -2.19. The number of aromatic hydroxyl groups is 2. The second-order valence-corrected chi connectivity index (χ2v) is 11.9. The first-order valence-electron chi connectivity index (χ1n) is 11.3. The highest BCUT2D eigenvalue weighted by Gasteiger charge is 2.30. The Hall–Kier alpha value is -2.82. The molecular formula is C28H38O5. The highest BCUT2D eigenvalue weighted by atomic mass is 16.4. The molecule has 0 spiro atoms. The molecule has 0 fully saturated rings. The van der Waals surface area contributed by atoms with E-state index in [0.717, 1.165) is 5.56 Å². The fraction of sp³-hybridized carbons (Fsp3) is 0.500. The number of benzene rings is 2. The normalized spacial score (nSPS) is 12.6. The molecule has 0 amide bonds. The number of ketones is 1. The average Bonchev–Trinajstić information content (AvgIpc) is 2.63. The van der Waals surface area contributed by atoms with Crippen LogP contribution in [0.3, 0.4) is 0 Å². The van der Waals surface area contributed by atoms with Crippen molar-refractivity contribution in [2.24, 2.45) is 0 Å². The van der Waals surface area contributed by atoms with Gasteiger partial charge in [-0.2, -0.15) is 0 Å². The summed E-state index contributed by atoms with van der Waals surface area (Å²) in [6, 6.07) is 6.96. The van der Waals surface area contributed by atoms with Crippen molar-refractivity contribution in [1.82, 2.24) is 0 Å². The molecule has 0 saturated heterocycles. The zero-order valence-electron chi connectivity index (χ0n) is 21.4. The molecule has 2 aromatic carbocycles. The lowest BCUT2D eigenvalue weighted by Gasteiger charge is -2.27. The molecule has 0 bridgehead atoms. The van der Waals surface area contributed by atoms with Crippen LogP contribution in [-0.2, 0) is 27.5 Å². The van der Waals surface area contributed by atoms with Gasteiger partial charge >= 0.3 is 5.97 Å². The summed E-state index contributed by atoms with van der Waals surface area (Å²) in [4.78, 5) is 24.9. The van der Waals surface area contributed by atoms with Crippen molar-refractivity contribution >= 4 is 11.8 Å². The molecule has 5 heteroatoms. The zero-order chi connectivity index (χ0) is 25.5. The predicted molar refractivity (Wildman–Crippen MR) is 132 cm³/mol. The Labute approximate surface area is 197 Å². The fourth-order valence-electron chi connectivity index (χ4n) is 3.79. The van der Waals surface area contributed by atoms with Crippen LogP contribution in [0, 0.1) is 0 Å². The molecule has 0 saturated carbocycles. The Morgan fingerprint density at radius 3 is 1.58 bits per heavy atom. The summed E-state index contributed by atoms with van der Waals surface area (Å²) >= 11 is 0. The van der Waals surface area contributed by atoms with E-state index >= 15 is 0 Å². The highest BCUT2D eigenvalue weighted by Crippen LogP contribution is 2.41. The molecule has 0 aliphatic carbocycles. The van der Waals surface area contributed by atoms with Gasteiger partial charge in [0.25, 0.3) is 0 Å².